The molecule has 0 aliphatic rings. The summed E-state index contributed by atoms with van der Waals surface area (Å²) in [4.78, 5) is 0. The average molecular weight is 324 g/mol. The van der Waals surface area contributed by atoms with Crippen molar-refractivity contribution in [1.82, 2.24) is 15.1 Å². The van der Waals surface area contributed by atoms with Gasteiger partial charge in [0.15, 0.2) is 0 Å². The third kappa shape index (κ3) is 2.67. The minimum atomic E-state index is 0.751. The van der Waals surface area contributed by atoms with Crippen LogP contribution in [0.5, 0.6) is 5.75 Å². The molecule has 19 heavy (non-hydrogen) atoms. The highest BCUT2D eigenvalue weighted by atomic mass is 79.9. The zero-order valence-electron chi connectivity index (χ0n) is 11.6. The molecular formula is C14H18BrN3O. The van der Waals surface area contributed by atoms with E-state index < -0.39 is 0 Å². The Morgan fingerprint density at radius 1 is 1.42 bits per heavy atom. The second-order valence-electron chi connectivity index (χ2n) is 4.41. The monoisotopic (exact) mass is 323 g/mol. The van der Waals surface area contributed by atoms with Gasteiger partial charge in [0.05, 0.1) is 17.3 Å². The fourth-order valence-corrected chi connectivity index (χ4v) is 2.71. The summed E-state index contributed by atoms with van der Waals surface area (Å²) in [5.74, 6) is 0.834. The van der Waals surface area contributed by atoms with Crippen molar-refractivity contribution in [3.63, 3.8) is 0 Å². The molecule has 2 rings (SSSR count). The lowest BCUT2D eigenvalue weighted by molar-refractivity contribution is 0.412. The SMILES string of the molecule is CNCc1nn(C)c(C)c1-c1ccc(OC)c(Br)c1. The molecule has 1 aromatic heterocycles. The third-order valence-electron chi connectivity index (χ3n) is 3.19. The molecule has 5 heteroatoms. The number of ether oxygens (including phenoxy) is 1. The van der Waals surface area contributed by atoms with Crippen LogP contribution < -0.4 is 10.1 Å². The molecule has 1 aromatic carbocycles. The van der Waals surface area contributed by atoms with Crippen molar-refractivity contribution in [2.75, 3.05) is 14.2 Å². The molecule has 0 aliphatic carbocycles. The maximum absolute atomic E-state index is 5.27. The van der Waals surface area contributed by atoms with Gasteiger partial charge in [0.1, 0.15) is 5.75 Å². The van der Waals surface area contributed by atoms with Crippen LogP contribution in [0.4, 0.5) is 0 Å². The largest absolute Gasteiger partial charge is 0.496 e. The normalized spacial score (nSPS) is 10.8. The number of aromatic nitrogens is 2. The van der Waals surface area contributed by atoms with Crippen LogP contribution in [0.3, 0.4) is 0 Å². The molecule has 102 valence electrons. The molecule has 0 saturated heterocycles. The van der Waals surface area contributed by atoms with E-state index in [0.29, 0.717) is 0 Å². The highest BCUT2D eigenvalue weighted by molar-refractivity contribution is 9.10. The molecular weight excluding hydrogens is 306 g/mol. The van der Waals surface area contributed by atoms with Crippen molar-refractivity contribution in [3.8, 4) is 16.9 Å². The molecule has 0 radical (unpaired) electrons. The molecule has 0 unspecified atom stereocenters. The number of nitrogens with zero attached hydrogens (tertiary/aromatic N) is 2. The van der Waals surface area contributed by atoms with Gasteiger partial charge in [-0.2, -0.15) is 5.10 Å². The number of methoxy groups -OCH3 is 1. The summed E-state index contributed by atoms with van der Waals surface area (Å²) in [6.45, 7) is 2.83. The summed E-state index contributed by atoms with van der Waals surface area (Å²) in [5, 5.41) is 7.72. The topological polar surface area (TPSA) is 39.1 Å². The lowest BCUT2D eigenvalue weighted by Crippen LogP contribution is -2.07. The Balaban J connectivity index is 2.54. The van der Waals surface area contributed by atoms with Crippen LogP contribution in [0.2, 0.25) is 0 Å². The quantitative estimate of drug-likeness (QED) is 0.940. The second-order valence-corrected chi connectivity index (χ2v) is 5.26. The Kier molecular flexibility index (Phi) is 4.27. The Morgan fingerprint density at radius 2 is 2.16 bits per heavy atom. The first-order chi connectivity index (χ1) is 9.08. The van der Waals surface area contributed by atoms with E-state index in [9.17, 15) is 0 Å². The minimum absolute atomic E-state index is 0.751. The summed E-state index contributed by atoms with van der Waals surface area (Å²) < 4.78 is 8.14. The van der Waals surface area contributed by atoms with Crippen molar-refractivity contribution < 1.29 is 4.74 Å². The number of aryl methyl sites for hydroxylation is 1. The number of hydrogen-bond donors (Lipinski definition) is 1. The fourth-order valence-electron chi connectivity index (χ4n) is 2.17. The molecule has 0 spiro atoms. The first-order valence-electron chi connectivity index (χ1n) is 6.09. The van der Waals surface area contributed by atoms with Crippen molar-refractivity contribution in [3.05, 3.63) is 34.1 Å². The van der Waals surface area contributed by atoms with Gasteiger partial charge >= 0.3 is 0 Å². The van der Waals surface area contributed by atoms with Gasteiger partial charge in [-0.25, -0.2) is 0 Å². The van der Waals surface area contributed by atoms with Gasteiger partial charge in [-0.05, 0) is 47.6 Å². The smallest absolute Gasteiger partial charge is 0.133 e. The van der Waals surface area contributed by atoms with Crippen LogP contribution in [0.1, 0.15) is 11.4 Å². The van der Waals surface area contributed by atoms with Crippen LogP contribution in [-0.4, -0.2) is 23.9 Å². The first kappa shape index (κ1) is 14.1. The van der Waals surface area contributed by atoms with Crippen molar-refractivity contribution in [1.29, 1.82) is 0 Å². The Hall–Kier alpha value is -1.33. The van der Waals surface area contributed by atoms with E-state index in [1.807, 2.05) is 24.8 Å². The van der Waals surface area contributed by atoms with Gasteiger partial charge in [-0.3, -0.25) is 4.68 Å². The predicted molar refractivity (Wildman–Crippen MR) is 80.4 cm³/mol. The summed E-state index contributed by atoms with van der Waals surface area (Å²) in [6, 6.07) is 6.10. The van der Waals surface area contributed by atoms with Crippen LogP contribution >= 0.6 is 15.9 Å². The Morgan fingerprint density at radius 3 is 2.74 bits per heavy atom. The number of hydrogen-bond acceptors (Lipinski definition) is 3. The molecule has 0 bridgehead atoms. The van der Waals surface area contributed by atoms with Crippen LogP contribution in [0.25, 0.3) is 11.1 Å². The van der Waals surface area contributed by atoms with E-state index in [1.54, 1.807) is 7.11 Å². The zero-order chi connectivity index (χ0) is 14.0. The van der Waals surface area contributed by atoms with E-state index in [1.165, 1.54) is 5.56 Å². The van der Waals surface area contributed by atoms with Crippen LogP contribution in [-0.2, 0) is 13.6 Å². The standard InChI is InChI=1S/C14H18BrN3O/c1-9-14(12(8-16-2)17-18(9)3)10-5-6-13(19-4)11(15)7-10/h5-7,16H,8H2,1-4H3. The van der Waals surface area contributed by atoms with Gasteiger partial charge in [-0.15, -0.1) is 0 Å². The molecule has 0 fully saturated rings. The molecule has 0 saturated carbocycles. The minimum Gasteiger partial charge on any atom is -0.496 e. The Labute approximate surface area is 121 Å². The van der Waals surface area contributed by atoms with Gasteiger partial charge in [-0.1, -0.05) is 6.07 Å². The molecule has 0 atom stereocenters. The van der Waals surface area contributed by atoms with Gasteiger partial charge in [0, 0.05) is 24.8 Å². The van der Waals surface area contributed by atoms with Crippen molar-refractivity contribution in [2.24, 2.45) is 7.05 Å². The number of rotatable bonds is 4. The summed E-state index contributed by atoms with van der Waals surface area (Å²) in [7, 11) is 5.57. The maximum atomic E-state index is 5.27. The molecule has 0 amide bonds. The van der Waals surface area contributed by atoms with E-state index in [0.717, 1.165) is 33.7 Å². The summed E-state index contributed by atoms with van der Waals surface area (Å²) >= 11 is 3.53. The van der Waals surface area contributed by atoms with Gasteiger partial charge < -0.3 is 10.1 Å². The summed E-state index contributed by atoms with van der Waals surface area (Å²) in [5.41, 5.74) is 4.53. The third-order valence-corrected chi connectivity index (χ3v) is 3.81. The first-order valence-corrected chi connectivity index (χ1v) is 6.88. The van der Waals surface area contributed by atoms with Gasteiger partial charge in [0.25, 0.3) is 0 Å². The van der Waals surface area contributed by atoms with Crippen LogP contribution in [0, 0.1) is 6.92 Å². The van der Waals surface area contributed by atoms with Crippen molar-refractivity contribution >= 4 is 15.9 Å². The second kappa shape index (κ2) is 5.75. The average Bonchev–Trinajstić information content (AvgIpc) is 2.65. The maximum Gasteiger partial charge on any atom is 0.133 e. The fraction of sp³-hybridized carbons (Fsp3) is 0.357. The molecule has 1 heterocycles. The molecule has 2 aromatic rings. The number of nitrogens with one attached hydrogen (secondary N) is 1. The highest BCUT2D eigenvalue weighted by Crippen LogP contribution is 2.33. The van der Waals surface area contributed by atoms with E-state index in [-0.39, 0.29) is 0 Å². The molecule has 4 nitrogen and oxygen atoms in total. The highest BCUT2D eigenvalue weighted by Gasteiger charge is 2.15. The molecule has 1 N–H and O–H groups in total. The predicted octanol–water partition coefficient (Wildman–Crippen LogP) is 2.89. The lowest BCUT2D eigenvalue weighted by Gasteiger charge is -2.08. The molecule has 0 aliphatic heterocycles. The van der Waals surface area contributed by atoms with Crippen LogP contribution in [0.15, 0.2) is 22.7 Å². The van der Waals surface area contributed by atoms with Crippen molar-refractivity contribution in [2.45, 2.75) is 13.5 Å². The van der Waals surface area contributed by atoms with E-state index >= 15 is 0 Å². The van der Waals surface area contributed by atoms with Gasteiger partial charge in [0.2, 0.25) is 0 Å². The van der Waals surface area contributed by atoms with E-state index in [2.05, 4.69) is 45.4 Å². The number of halogens is 1. The Bertz CT molecular complexity index is 593. The lowest BCUT2D eigenvalue weighted by atomic mass is 10.0. The van der Waals surface area contributed by atoms with E-state index in [4.69, 9.17) is 4.74 Å². The summed E-state index contributed by atoms with van der Waals surface area (Å²) in [6.07, 6.45) is 0. The zero-order valence-corrected chi connectivity index (χ0v) is 13.2. The number of benzene rings is 1.